The highest BCUT2D eigenvalue weighted by Crippen LogP contribution is 2.44. The second-order valence-corrected chi connectivity index (χ2v) is 10.9. The number of ether oxygens (including phenoxy) is 2. The molecule has 1 saturated heterocycles. The first-order valence-corrected chi connectivity index (χ1v) is 14.3. The first-order chi connectivity index (χ1) is 20.2. The maximum absolute atomic E-state index is 13.6. The lowest BCUT2D eigenvalue weighted by Gasteiger charge is -2.23. The smallest absolute Gasteiger partial charge is 0.350 e. The number of esters is 1. The van der Waals surface area contributed by atoms with Gasteiger partial charge >= 0.3 is 11.9 Å². The minimum atomic E-state index is -0.957. The monoisotopic (exact) mass is 582 g/mol. The Hall–Kier alpha value is -4.76. The van der Waals surface area contributed by atoms with Crippen molar-refractivity contribution < 1.29 is 29.0 Å². The number of rotatable bonds is 8. The normalized spacial score (nSPS) is 16.1. The van der Waals surface area contributed by atoms with Crippen molar-refractivity contribution in [1.29, 1.82) is 0 Å². The highest BCUT2D eigenvalue weighted by molar-refractivity contribution is 7.17. The summed E-state index contributed by atoms with van der Waals surface area (Å²) in [6.07, 6.45) is 0.812. The molecule has 1 N–H and O–H groups in total. The van der Waals surface area contributed by atoms with Gasteiger partial charge in [-0.05, 0) is 60.7 Å². The molecule has 1 fully saturated rings. The van der Waals surface area contributed by atoms with Gasteiger partial charge in [0.1, 0.15) is 23.0 Å². The summed E-state index contributed by atoms with van der Waals surface area (Å²) in [6, 6.07) is 21.5. The third-order valence-corrected chi connectivity index (χ3v) is 8.33. The molecule has 8 nitrogen and oxygen atoms in total. The lowest BCUT2D eigenvalue weighted by atomic mass is 9.94. The fourth-order valence-electron chi connectivity index (χ4n) is 4.90. The molecule has 2 heterocycles. The molecule has 1 aliphatic rings. The van der Waals surface area contributed by atoms with Crippen LogP contribution < -0.4 is 9.64 Å². The van der Waals surface area contributed by atoms with Crippen molar-refractivity contribution in [3.8, 4) is 5.75 Å². The van der Waals surface area contributed by atoms with Gasteiger partial charge in [0.25, 0.3) is 5.78 Å². The molecular weight excluding hydrogens is 552 g/mol. The van der Waals surface area contributed by atoms with Crippen LogP contribution >= 0.6 is 11.3 Å². The molecule has 1 aliphatic heterocycles. The van der Waals surface area contributed by atoms with E-state index in [9.17, 15) is 19.5 Å². The zero-order valence-corrected chi connectivity index (χ0v) is 24.5. The van der Waals surface area contributed by atoms with Gasteiger partial charge < -0.3 is 14.6 Å². The lowest BCUT2D eigenvalue weighted by molar-refractivity contribution is -0.132. The molecule has 1 atom stereocenters. The van der Waals surface area contributed by atoms with Crippen LogP contribution in [0.5, 0.6) is 5.75 Å². The van der Waals surface area contributed by atoms with E-state index in [0.717, 1.165) is 34.4 Å². The zero-order valence-electron chi connectivity index (χ0n) is 23.7. The van der Waals surface area contributed by atoms with E-state index in [1.54, 1.807) is 25.1 Å². The van der Waals surface area contributed by atoms with E-state index < -0.39 is 23.7 Å². The number of hydrogen-bond acceptors (Lipinski definition) is 8. The summed E-state index contributed by atoms with van der Waals surface area (Å²) in [5, 5.41) is 11.7. The number of anilines is 1. The van der Waals surface area contributed by atoms with Crippen molar-refractivity contribution in [2.75, 3.05) is 12.0 Å². The van der Waals surface area contributed by atoms with Crippen LogP contribution in [-0.4, -0.2) is 34.9 Å². The SMILES string of the molecule is CCc1ccc([C@@H]2/C(=C(\O)c3ccc(OCc4ccccc4)c(C)c3)C(=O)C(=O)N2c2nc(C)c(C(=O)OC)s2)cc1. The van der Waals surface area contributed by atoms with Crippen LogP contribution in [0.15, 0.2) is 78.4 Å². The number of aromatic nitrogens is 1. The van der Waals surface area contributed by atoms with Gasteiger partial charge in [0.05, 0.1) is 24.4 Å². The van der Waals surface area contributed by atoms with E-state index in [1.165, 1.54) is 12.0 Å². The zero-order chi connectivity index (χ0) is 30.0. The summed E-state index contributed by atoms with van der Waals surface area (Å²) in [5.74, 6) is -1.94. The number of methoxy groups -OCH3 is 1. The summed E-state index contributed by atoms with van der Waals surface area (Å²) in [5.41, 5.74) is 4.17. The van der Waals surface area contributed by atoms with Crippen molar-refractivity contribution in [3.63, 3.8) is 0 Å². The molecule has 5 rings (SSSR count). The van der Waals surface area contributed by atoms with Gasteiger partial charge in [0.15, 0.2) is 5.13 Å². The third kappa shape index (κ3) is 5.43. The van der Waals surface area contributed by atoms with E-state index in [4.69, 9.17) is 9.47 Å². The molecular formula is C33H30N2O6S. The molecule has 0 saturated carbocycles. The van der Waals surface area contributed by atoms with Crippen LogP contribution in [0.3, 0.4) is 0 Å². The fourth-order valence-corrected chi connectivity index (χ4v) is 5.91. The number of amides is 1. The minimum absolute atomic E-state index is 0.0610. The molecule has 1 amide bonds. The van der Waals surface area contributed by atoms with E-state index in [2.05, 4.69) is 4.98 Å². The van der Waals surface area contributed by atoms with Crippen LogP contribution in [0.4, 0.5) is 5.13 Å². The van der Waals surface area contributed by atoms with Gasteiger partial charge in [0.2, 0.25) is 0 Å². The number of carbonyl (C=O) groups excluding carboxylic acids is 3. The average Bonchev–Trinajstić information content (AvgIpc) is 3.52. The third-order valence-electron chi connectivity index (χ3n) is 7.20. The molecule has 0 radical (unpaired) electrons. The van der Waals surface area contributed by atoms with Crippen LogP contribution in [0.1, 0.15) is 56.1 Å². The molecule has 42 heavy (non-hydrogen) atoms. The molecule has 214 valence electrons. The van der Waals surface area contributed by atoms with Gasteiger partial charge in [0, 0.05) is 5.56 Å². The first-order valence-electron chi connectivity index (χ1n) is 13.5. The van der Waals surface area contributed by atoms with Gasteiger partial charge in [-0.2, -0.15) is 0 Å². The topological polar surface area (TPSA) is 106 Å². The number of hydrogen-bond donors (Lipinski definition) is 1. The number of thiazole rings is 1. The number of nitrogens with zero attached hydrogens (tertiary/aromatic N) is 2. The Morgan fingerprint density at radius 1 is 1.00 bits per heavy atom. The van der Waals surface area contributed by atoms with Crippen molar-refractivity contribution in [1.82, 2.24) is 4.98 Å². The van der Waals surface area contributed by atoms with E-state index in [-0.39, 0.29) is 21.3 Å². The largest absolute Gasteiger partial charge is 0.507 e. The van der Waals surface area contributed by atoms with Crippen LogP contribution in [0, 0.1) is 13.8 Å². The van der Waals surface area contributed by atoms with Gasteiger partial charge in [-0.1, -0.05) is 72.9 Å². The van der Waals surface area contributed by atoms with Crippen LogP contribution in [0.2, 0.25) is 0 Å². The highest BCUT2D eigenvalue weighted by atomic mass is 32.1. The average molecular weight is 583 g/mol. The quantitative estimate of drug-likeness (QED) is 0.112. The first kappa shape index (κ1) is 28.8. The lowest BCUT2D eigenvalue weighted by Crippen LogP contribution is -2.29. The summed E-state index contributed by atoms with van der Waals surface area (Å²) in [6.45, 7) is 5.90. The number of aliphatic hydroxyl groups excluding tert-OH is 1. The Labute approximate surface area is 247 Å². The second-order valence-electron chi connectivity index (χ2n) is 9.92. The predicted molar refractivity (Wildman–Crippen MR) is 161 cm³/mol. The molecule has 0 bridgehead atoms. The standard InChI is InChI=1S/C33H30N2O6S/c1-5-21-11-13-23(14-12-21)27-26(29(37)31(38)35(27)33-34-20(3)30(42-33)32(39)40-4)28(36)24-15-16-25(19(2)17-24)41-18-22-9-7-6-8-10-22/h6-17,27,36H,5,18H2,1-4H3/b28-26+/t27-/m1/s1. The number of Topliss-reactive ketones (excluding diaryl/α,β-unsaturated/α-hetero) is 1. The van der Waals surface area contributed by atoms with E-state index in [0.29, 0.717) is 29.2 Å². The maximum atomic E-state index is 13.6. The van der Waals surface area contributed by atoms with Crippen LogP contribution in [-0.2, 0) is 27.4 Å². The molecule has 1 aromatic heterocycles. The Morgan fingerprint density at radius 2 is 1.71 bits per heavy atom. The molecule has 0 unspecified atom stereocenters. The van der Waals surface area contributed by atoms with Crippen molar-refractivity contribution >= 4 is 39.9 Å². The van der Waals surface area contributed by atoms with E-state index in [1.807, 2.05) is 68.4 Å². The number of aliphatic hydroxyl groups is 1. The van der Waals surface area contributed by atoms with Crippen molar-refractivity contribution in [2.45, 2.75) is 39.8 Å². The second kappa shape index (κ2) is 12.0. The van der Waals surface area contributed by atoms with Crippen molar-refractivity contribution in [3.05, 3.63) is 117 Å². The number of aryl methyl sites for hydroxylation is 3. The summed E-state index contributed by atoms with van der Waals surface area (Å²) >= 11 is 0.965. The predicted octanol–water partition coefficient (Wildman–Crippen LogP) is 6.31. The fraction of sp³-hybridized carbons (Fsp3) is 0.212. The Morgan fingerprint density at radius 3 is 2.36 bits per heavy atom. The molecule has 9 heteroatoms. The molecule has 4 aromatic rings. The maximum Gasteiger partial charge on any atom is 0.350 e. The molecule has 0 spiro atoms. The summed E-state index contributed by atoms with van der Waals surface area (Å²) in [4.78, 5) is 45.3. The Kier molecular flexibility index (Phi) is 8.22. The molecule has 3 aromatic carbocycles. The number of benzene rings is 3. The summed E-state index contributed by atoms with van der Waals surface area (Å²) < 4.78 is 10.8. The Balaban J connectivity index is 1.57. The minimum Gasteiger partial charge on any atom is -0.507 e. The summed E-state index contributed by atoms with van der Waals surface area (Å²) in [7, 11) is 1.27. The Bertz CT molecular complexity index is 1690. The highest BCUT2D eigenvalue weighted by Gasteiger charge is 2.48. The van der Waals surface area contributed by atoms with Crippen LogP contribution in [0.25, 0.3) is 5.76 Å². The van der Waals surface area contributed by atoms with Gasteiger partial charge in [-0.3, -0.25) is 14.5 Å². The van der Waals surface area contributed by atoms with Gasteiger partial charge in [-0.15, -0.1) is 0 Å². The number of carbonyl (C=O) groups is 3. The molecule has 0 aliphatic carbocycles. The van der Waals surface area contributed by atoms with Crippen molar-refractivity contribution in [2.24, 2.45) is 0 Å². The van der Waals surface area contributed by atoms with Gasteiger partial charge in [-0.25, -0.2) is 9.78 Å². The number of ketones is 1. The van der Waals surface area contributed by atoms with E-state index >= 15 is 0 Å².